The van der Waals surface area contributed by atoms with Crippen LogP contribution in [0.3, 0.4) is 0 Å². The number of halogens is 1. The minimum Gasteiger partial charge on any atom is -0.332 e. The predicted octanol–water partition coefficient (Wildman–Crippen LogP) is 1.84. The fraction of sp³-hybridized carbons (Fsp3) is 0.636. The maximum absolute atomic E-state index is 11.9. The predicted molar refractivity (Wildman–Crippen MR) is 71.6 cm³/mol. The SMILES string of the molecule is CNCC(=O)N1CCCCC1c1nccs1.Cl. The first-order valence-corrected chi connectivity index (χ1v) is 6.54. The van der Waals surface area contributed by atoms with E-state index in [0.29, 0.717) is 6.54 Å². The van der Waals surface area contributed by atoms with Gasteiger partial charge in [-0.3, -0.25) is 4.79 Å². The van der Waals surface area contributed by atoms with Crippen LogP contribution in [0.2, 0.25) is 0 Å². The van der Waals surface area contributed by atoms with Gasteiger partial charge in [0.15, 0.2) is 0 Å². The average Bonchev–Trinajstić information content (AvgIpc) is 2.83. The number of hydrogen-bond acceptors (Lipinski definition) is 4. The summed E-state index contributed by atoms with van der Waals surface area (Å²) in [5.74, 6) is 0.183. The first-order valence-electron chi connectivity index (χ1n) is 5.66. The number of nitrogens with one attached hydrogen (secondary N) is 1. The van der Waals surface area contributed by atoms with E-state index >= 15 is 0 Å². The molecule has 2 rings (SSSR count). The third kappa shape index (κ3) is 3.40. The number of thiazole rings is 1. The lowest BCUT2D eigenvalue weighted by Crippen LogP contribution is -2.42. The molecule has 1 saturated heterocycles. The summed E-state index contributed by atoms with van der Waals surface area (Å²) >= 11 is 1.64. The van der Waals surface area contributed by atoms with E-state index in [1.807, 2.05) is 16.5 Å². The Morgan fingerprint density at radius 3 is 3.12 bits per heavy atom. The molecule has 1 aliphatic rings. The fourth-order valence-corrected chi connectivity index (χ4v) is 2.92. The second kappa shape index (κ2) is 6.93. The Morgan fingerprint density at radius 2 is 2.47 bits per heavy atom. The highest BCUT2D eigenvalue weighted by molar-refractivity contribution is 7.09. The summed E-state index contributed by atoms with van der Waals surface area (Å²) in [6.45, 7) is 1.28. The molecule has 1 N–H and O–H groups in total. The number of rotatable bonds is 3. The second-order valence-corrected chi connectivity index (χ2v) is 4.93. The molecule has 0 radical (unpaired) electrons. The fourth-order valence-electron chi connectivity index (χ4n) is 2.14. The van der Waals surface area contributed by atoms with Gasteiger partial charge in [-0.15, -0.1) is 23.7 Å². The van der Waals surface area contributed by atoms with Gasteiger partial charge >= 0.3 is 0 Å². The first kappa shape index (κ1) is 14.4. The Hall–Kier alpha value is -0.650. The number of amides is 1. The molecule has 1 amide bonds. The zero-order valence-electron chi connectivity index (χ0n) is 9.89. The molecule has 0 spiro atoms. The van der Waals surface area contributed by atoms with E-state index in [1.165, 1.54) is 6.42 Å². The van der Waals surface area contributed by atoms with Crippen molar-refractivity contribution in [3.8, 4) is 0 Å². The summed E-state index contributed by atoms with van der Waals surface area (Å²) in [5.41, 5.74) is 0. The number of carbonyl (C=O) groups is 1. The lowest BCUT2D eigenvalue weighted by Gasteiger charge is -2.34. The molecule has 1 fully saturated rings. The third-order valence-corrected chi connectivity index (χ3v) is 3.76. The van der Waals surface area contributed by atoms with Crippen LogP contribution in [0, 0.1) is 0 Å². The molecule has 1 unspecified atom stereocenters. The Morgan fingerprint density at radius 1 is 1.65 bits per heavy atom. The first-order chi connectivity index (χ1) is 7.83. The highest BCUT2D eigenvalue weighted by Crippen LogP contribution is 2.31. The number of likely N-dealkylation sites (tertiary alicyclic amines) is 1. The number of piperidine rings is 1. The maximum atomic E-state index is 11.9. The van der Waals surface area contributed by atoms with E-state index in [1.54, 1.807) is 18.4 Å². The van der Waals surface area contributed by atoms with Gasteiger partial charge in [0, 0.05) is 18.1 Å². The van der Waals surface area contributed by atoms with Gasteiger partial charge in [0.05, 0.1) is 12.6 Å². The molecule has 0 aromatic carbocycles. The van der Waals surface area contributed by atoms with Crippen molar-refractivity contribution in [2.45, 2.75) is 25.3 Å². The van der Waals surface area contributed by atoms with E-state index in [2.05, 4.69) is 10.3 Å². The summed E-state index contributed by atoms with van der Waals surface area (Å²) in [4.78, 5) is 18.3. The Labute approximate surface area is 112 Å². The van der Waals surface area contributed by atoms with Gasteiger partial charge in [0.2, 0.25) is 5.91 Å². The largest absolute Gasteiger partial charge is 0.332 e. The van der Waals surface area contributed by atoms with Crippen LogP contribution >= 0.6 is 23.7 Å². The lowest BCUT2D eigenvalue weighted by molar-refractivity contribution is -0.134. The smallest absolute Gasteiger partial charge is 0.237 e. The van der Waals surface area contributed by atoms with E-state index in [9.17, 15) is 4.79 Å². The van der Waals surface area contributed by atoms with Crippen LogP contribution in [0.1, 0.15) is 30.3 Å². The molecule has 0 bridgehead atoms. The average molecular weight is 276 g/mol. The Kier molecular flexibility index (Phi) is 5.88. The van der Waals surface area contributed by atoms with Crippen LogP contribution < -0.4 is 5.32 Å². The number of carbonyl (C=O) groups excluding carboxylic acids is 1. The number of likely N-dealkylation sites (N-methyl/N-ethyl adjacent to an activating group) is 1. The molecule has 96 valence electrons. The number of aromatic nitrogens is 1. The van der Waals surface area contributed by atoms with Gasteiger partial charge in [0.25, 0.3) is 0 Å². The molecule has 1 aliphatic heterocycles. The van der Waals surface area contributed by atoms with Gasteiger partial charge < -0.3 is 10.2 Å². The van der Waals surface area contributed by atoms with E-state index in [-0.39, 0.29) is 24.4 Å². The lowest BCUT2D eigenvalue weighted by atomic mass is 10.0. The number of hydrogen-bond donors (Lipinski definition) is 1. The van der Waals surface area contributed by atoms with Gasteiger partial charge in [-0.05, 0) is 26.3 Å². The molecule has 6 heteroatoms. The van der Waals surface area contributed by atoms with Crippen molar-refractivity contribution in [3.63, 3.8) is 0 Å². The van der Waals surface area contributed by atoms with E-state index in [0.717, 1.165) is 24.4 Å². The van der Waals surface area contributed by atoms with Crippen molar-refractivity contribution < 1.29 is 4.79 Å². The molecule has 0 aliphatic carbocycles. The van der Waals surface area contributed by atoms with Crippen molar-refractivity contribution in [1.82, 2.24) is 15.2 Å². The minimum atomic E-state index is 0. The maximum Gasteiger partial charge on any atom is 0.237 e. The second-order valence-electron chi connectivity index (χ2n) is 4.00. The minimum absolute atomic E-state index is 0. The summed E-state index contributed by atoms with van der Waals surface area (Å²) in [6.07, 6.45) is 5.16. The summed E-state index contributed by atoms with van der Waals surface area (Å²) in [5, 5.41) is 5.97. The van der Waals surface area contributed by atoms with Crippen molar-refractivity contribution in [2.75, 3.05) is 20.1 Å². The topological polar surface area (TPSA) is 45.2 Å². The third-order valence-electron chi connectivity index (χ3n) is 2.89. The van der Waals surface area contributed by atoms with Crippen LogP contribution in [0.4, 0.5) is 0 Å². The van der Waals surface area contributed by atoms with Crippen LogP contribution in [-0.4, -0.2) is 35.9 Å². The molecular formula is C11H18ClN3OS. The number of nitrogens with zero attached hydrogens (tertiary/aromatic N) is 2. The highest BCUT2D eigenvalue weighted by Gasteiger charge is 2.28. The summed E-state index contributed by atoms with van der Waals surface area (Å²) in [6, 6.07) is 0.203. The molecular weight excluding hydrogens is 258 g/mol. The standard InChI is InChI=1S/C11H17N3OS.ClH/c1-12-8-10(15)14-6-3-2-4-9(14)11-13-5-7-16-11;/h5,7,9,12H,2-4,6,8H2,1H3;1H. The molecule has 1 aromatic heterocycles. The molecule has 1 aromatic rings. The van der Waals surface area contributed by atoms with Crippen LogP contribution in [0.15, 0.2) is 11.6 Å². The Balaban J connectivity index is 0.00000144. The molecule has 17 heavy (non-hydrogen) atoms. The van der Waals surface area contributed by atoms with Gasteiger partial charge in [0.1, 0.15) is 5.01 Å². The Bertz CT molecular complexity index is 344. The van der Waals surface area contributed by atoms with Gasteiger partial charge in [-0.25, -0.2) is 4.98 Å². The zero-order chi connectivity index (χ0) is 11.4. The van der Waals surface area contributed by atoms with Crippen LogP contribution in [0.5, 0.6) is 0 Å². The van der Waals surface area contributed by atoms with E-state index in [4.69, 9.17) is 0 Å². The monoisotopic (exact) mass is 275 g/mol. The van der Waals surface area contributed by atoms with Gasteiger partial charge in [-0.2, -0.15) is 0 Å². The van der Waals surface area contributed by atoms with E-state index < -0.39 is 0 Å². The summed E-state index contributed by atoms with van der Waals surface area (Å²) < 4.78 is 0. The highest BCUT2D eigenvalue weighted by atomic mass is 35.5. The van der Waals surface area contributed by atoms with Crippen molar-refractivity contribution >= 4 is 29.7 Å². The molecule has 1 atom stereocenters. The zero-order valence-corrected chi connectivity index (χ0v) is 11.5. The van der Waals surface area contributed by atoms with Crippen molar-refractivity contribution in [3.05, 3.63) is 16.6 Å². The van der Waals surface area contributed by atoms with Crippen molar-refractivity contribution in [2.24, 2.45) is 0 Å². The molecule has 4 nitrogen and oxygen atoms in total. The quantitative estimate of drug-likeness (QED) is 0.916. The van der Waals surface area contributed by atoms with Crippen LogP contribution in [0.25, 0.3) is 0 Å². The summed E-state index contributed by atoms with van der Waals surface area (Å²) in [7, 11) is 1.81. The molecule has 2 heterocycles. The van der Waals surface area contributed by atoms with Gasteiger partial charge in [-0.1, -0.05) is 0 Å². The normalized spacial score (nSPS) is 19.8. The van der Waals surface area contributed by atoms with Crippen molar-refractivity contribution in [1.29, 1.82) is 0 Å². The van der Waals surface area contributed by atoms with Crippen LogP contribution in [-0.2, 0) is 4.79 Å². The molecule has 0 saturated carbocycles.